The number of pyridine rings is 1. The van der Waals surface area contributed by atoms with Crippen molar-refractivity contribution in [1.82, 2.24) is 15.2 Å². The van der Waals surface area contributed by atoms with Crippen molar-refractivity contribution in [3.05, 3.63) is 29.6 Å². The number of carbonyl (C=O) groups excluding carboxylic acids is 2. The Morgan fingerprint density at radius 3 is 2.85 bits per heavy atom. The van der Waals surface area contributed by atoms with Crippen molar-refractivity contribution in [2.24, 2.45) is 5.92 Å². The van der Waals surface area contributed by atoms with Gasteiger partial charge < -0.3 is 10.2 Å². The molecule has 0 aromatic carbocycles. The summed E-state index contributed by atoms with van der Waals surface area (Å²) in [7, 11) is 0. The van der Waals surface area contributed by atoms with E-state index in [2.05, 4.69) is 10.3 Å². The van der Waals surface area contributed by atoms with Crippen LogP contribution in [0.2, 0.25) is 0 Å². The van der Waals surface area contributed by atoms with Gasteiger partial charge in [0.2, 0.25) is 11.8 Å². The van der Waals surface area contributed by atoms with Gasteiger partial charge in [-0.3, -0.25) is 14.6 Å². The summed E-state index contributed by atoms with van der Waals surface area (Å²) in [4.78, 5) is 30.3. The molecule has 2 heterocycles. The minimum atomic E-state index is -0.366. The molecule has 5 heteroatoms. The zero-order valence-corrected chi connectivity index (χ0v) is 12.2. The summed E-state index contributed by atoms with van der Waals surface area (Å²) >= 11 is 0. The summed E-state index contributed by atoms with van der Waals surface area (Å²) in [6.45, 7) is 6.94. The Morgan fingerprint density at radius 1 is 1.50 bits per heavy atom. The van der Waals surface area contributed by atoms with E-state index in [0.717, 1.165) is 11.3 Å². The van der Waals surface area contributed by atoms with Gasteiger partial charge in [-0.1, -0.05) is 19.9 Å². The predicted octanol–water partition coefficient (Wildman–Crippen LogP) is 0.916. The van der Waals surface area contributed by atoms with Crippen LogP contribution in [-0.2, 0) is 16.0 Å². The Kier molecular flexibility index (Phi) is 4.37. The number of piperazine rings is 1. The molecule has 0 spiro atoms. The number of amides is 2. The summed E-state index contributed by atoms with van der Waals surface area (Å²) in [5.41, 5.74) is 1.81. The molecule has 1 saturated heterocycles. The zero-order valence-electron chi connectivity index (χ0n) is 12.2. The van der Waals surface area contributed by atoms with Gasteiger partial charge in [0.1, 0.15) is 6.04 Å². The van der Waals surface area contributed by atoms with Gasteiger partial charge in [-0.15, -0.1) is 0 Å². The third-order valence-corrected chi connectivity index (χ3v) is 3.54. The van der Waals surface area contributed by atoms with Crippen molar-refractivity contribution in [2.75, 3.05) is 13.1 Å². The van der Waals surface area contributed by atoms with E-state index < -0.39 is 0 Å². The smallest absolute Gasteiger partial charge is 0.243 e. The quantitative estimate of drug-likeness (QED) is 0.892. The average Bonchev–Trinajstić information content (AvgIpc) is 2.40. The number of nitrogens with zero attached hydrogens (tertiary/aromatic N) is 2. The molecule has 1 aliphatic heterocycles. The highest BCUT2D eigenvalue weighted by Gasteiger charge is 2.34. The monoisotopic (exact) mass is 275 g/mol. The Morgan fingerprint density at radius 2 is 2.25 bits per heavy atom. The Bertz CT molecular complexity index is 496. The maximum absolute atomic E-state index is 12.4. The Balaban J connectivity index is 2.10. The van der Waals surface area contributed by atoms with Crippen LogP contribution in [-0.4, -0.2) is 40.8 Å². The SMILES string of the molecule is Cc1ccc(CC(=O)N2CCNC(=O)C2C(C)C)cn1. The van der Waals surface area contributed by atoms with Crippen molar-refractivity contribution >= 4 is 11.8 Å². The lowest BCUT2D eigenvalue weighted by Gasteiger charge is -2.37. The van der Waals surface area contributed by atoms with Gasteiger partial charge in [-0.2, -0.15) is 0 Å². The fraction of sp³-hybridized carbons (Fsp3) is 0.533. The standard InChI is InChI=1S/C15H21N3O2/c1-10(2)14-15(20)16-6-7-18(14)13(19)8-12-5-4-11(3)17-9-12/h4-5,9-10,14H,6-8H2,1-3H3,(H,16,20). The van der Waals surface area contributed by atoms with Crippen LogP contribution in [0.15, 0.2) is 18.3 Å². The largest absolute Gasteiger partial charge is 0.353 e. The second kappa shape index (κ2) is 6.03. The van der Waals surface area contributed by atoms with E-state index >= 15 is 0 Å². The van der Waals surface area contributed by atoms with E-state index in [1.54, 1.807) is 11.1 Å². The summed E-state index contributed by atoms with van der Waals surface area (Å²) in [5, 5.41) is 2.82. The highest BCUT2D eigenvalue weighted by atomic mass is 16.2. The number of hydrogen-bond acceptors (Lipinski definition) is 3. The van der Waals surface area contributed by atoms with E-state index in [4.69, 9.17) is 0 Å². The molecule has 0 aliphatic carbocycles. The molecule has 5 nitrogen and oxygen atoms in total. The van der Waals surface area contributed by atoms with Crippen LogP contribution < -0.4 is 5.32 Å². The first kappa shape index (κ1) is 14.5. The van der Waals surface area contributed by atoms with Crippen LogP contribution in [0.25, 0.3) is 0 Å². The molecule has 1 aromatic rings. The minimum absolute atomic E-state index is 0.01000. The van der Waals surface area contributed by atoms with Crippen molar-refractivity contribution < 1.29 is 9.59 Å². The Hall–Kier alpha value is -1.91. The van der Waals surface area contributed by atoms with Crippen molar-refractivity contribution in [2.45, 2.75) is 33.2 Å². The van der Waals surface area contributed by atoms with Gasteiger partial charge in [0, 0.05) is 25.0 Å². The molecule has 1 fully saturated rings. The van der Waals surface area contributed by atoms with Crippen molar-refractivity contribution in [3.8, 4) is 0 Å². The van der Waals surface area contributed by atoms with Gasteiger partial charge in [0.15, 0.2) is 0 Å². The normalized spacial score (nSPS) is 19.1. The average molecular weight is 275 g/mol. The third kappa shape index (κ3) is 3.15. The molecule has 2 rings (SSSR count). The second-order valence-electron chi connectivity index (χ2n) is 5.55. The van der Waals surface area contributed by atoms with Gasteiger partial charge in [-0.05, 0) is 24.5 Å². The van der Waals surface area contributed by atoms with Gasteiger partial charge in [0.05, 0.1) is 6.42 Å². The molecule has 1 unspecified atom stereocenters. The number of aromatic nitrogens is 1. The number of carbonyl (C=O) groups is 2. The molecule has 108 valence electrons. The fourth-order valence-electron chi connectivity index (χ4n) is 2.51. The molecule has 1 atom stereocenters. The van der Waals surface area contributed by atoms with E-state index in [-0.39, 0.29) is 23.8 Å². The minimum Gasteiger partial charge on any atom is -0.353 e. The first-order chi connectivity index (χ1) is 9.49. The van der Waals surface area contributed by atoms with E-state index in [1.807, 2.05) is 32.9 Å². The van der Waals surface area contributed by atoms with Crippen LogP contribution in [0.5, 0.6) is 0 Å². The van der Waals surface area contributed by atoms with Gasteiger partial charge in [0.25, 0.3) is 0 Å². The van der Waals surface area contributed by atoms with Crippen LogP contribution >= 0.6 is 0 Å². The first-order valence-electron chi connectivity index (χ1n) is 6.97. The summed E-state index contributed by atoms with van der Waals surface area (Å²) in [6.07, 6.45) is 2.02. The maximum Gasteiger partial charge on any atom is 0.243 e. The topological polar surface area (TPSA) is 62.3 Å². The Labute approximate surface area is 119 Å². The number of nitrogens with one attached hydrogen (secondary N) is 1. The highest BCUT2D eigenvalue weighted by molar-refractivity contribution is 5.89. The van der Waals surface area contributed by atoms with E-state index in [1.165, 1.54) is 0 Å². The third-order valence-electron chi connectivity index (χ3n) is 3.54. The van der Waals surface area contributed by atoms with Crippen molar-refractivity contribution in [1.29, 1.82) is 0 Å². The lowest BCUT2D eigenvalue weighted by molar-refractivity contribution is -0.144. The molecule has 0 radical (unpaired) electrons. The first-order valence-corrected chi connectivity index (χ1v) is 6.97. The molecule has 0 saturated carbocycles. The number of aryl methyl sites for hydroxylation is 1. The van der Waals surface area contributed by atoms with Crippen LogP contribution in [0, 0.1) is 12.8 Å². The van der Waals surface area contributed by atoms with E-state index in [0.29, 0.717) is 19.5 Å². The molecule has 1 N–H and O–H groups in total. The number of hydrogen-bond donors (Lipinski definition) is 1. The summed E-state index contributed by atoms with van der Waals surface area (Å²) in [6, 6.07) is 3.44. The molecular formula is C15H21N3O2. The lowest BCUT2D eigenvalue weighted by atomic mass is 9.99. The predicted molar refractivity (Wildman–Crippen MR) is 76.0 cm³/mol. The maximum atomic E-state index is 12.4. The molecule has 0 bridgehead atoms. The van der Waals surface area contributed by atoms with Crippen molar-refractivity contribution in [3.63, 3.8) is 0 Å². The molecule has 2 amide bonds. The molecule has 20 heavy (non-hydrogen) atoms. The lowest BCUT2D eigenvalue weighted by Crippen LogP contribution is -2.59. The summed E-state index contributed by atoms with van der Waals surface area (Å²) < 4.78 is 0. The summed E-state index contributed by atoms with van der Waals surface area (Å²) in [5.74, 6) is 0.0428. The van der Waals surface area contributed by atoms with Gasteiger partial charge in [-0.25, -0.2) is 0 Å². The van der Waals surface area contributed by atoms with Gasteiger partial charge >= 0.3 is 0 Å². The highest BCUT2D eigenvalue weighted by Crippen LogP contribution is 2.16. The zero-order chi connectivity index (χ0) is 14.7. The molecular weight excluding hydrogens is 254 g/mol. The van der Waals surface area contributed by atoms with Crippen LogP contribution in [0.3, 0.4) is 0 Å². The van der Waals surface area contributed by atoms with E-state index in [9.17, 15) is 9.59 Å². The fourth-order valence-corrected chi connectivity index (χ4v) is 2.51. The second-order valence-corrected chi connectivity index (χ2v) is 5.55. The molecule has 1 aliphatic rings. The molecule has 1 aromatic heterocycles. The number of rotatable bonds is 3. The van der Waals surface area contributed by atoms with Crippen LogP contribution in [0.4, 0.5) is 0 Å². The van der Waals surface area contributed by atoms with Crippen LogP contribution in [0.1, 0.15) is 25.1 Å².